The summed E-state index contributed by atoms with van der Waals surface area (Å²) >= 11 is 1.58. The van der Waals surface area contributed by atoms with Crippen LogP contribution in [0.3, 0.4) is 0 Å². The summed E-state index contributed by atoms with van der Waals surface area (Å²) in [5, 5.41) is 6.16. The fourth-order valence-electron chi connectivity index (χ4n) is 7.72. The van der Waals surface area contributed by atoms with Crippen molar-refractivity contribution in [1.82, 2.24) is 15.2 Å². The second kappa shape index (κ2) is 21.2. The second-order valence-corrected chi connectivity index (χ2v) is 17.4. The number of benzene rings is 3. The van der Waals surface area contributed by atoms with Crippen LogP contribution >= 0.6 is 11.3 Å². The molecule has 0 saturated heterocycles. The zero-order valence-electron chi connectivity index (χ0n) is 36.5. The Morgan fingerprint density at radius 3 is 1.97 bits per heavy atom. The fourth-order valence-corrected chi connectivity index (χ4v) is 8.67. The molecule has 5 rings (SSSR count). The maximum absolute atomic E-state index is 16.0. The lowest BCUT2D eigenvalue weighted by Gasteiger charge is -2.34. The fraction of sp³-hybridized carbons (Fsp3) is 0.511. The summed E-state index contributed by atoms with van der Waals surface area (Å²) in [7, 11) is 3.64. The number of rotatable bonds is 22. The predicted octanol–water partition coefficient (Wildman–Crippen LogP) is 9.50. The summed E-state index contributed by atoms with van der Waals surface area (Å²) in [5.74, 6) is -0.654. The number of anilines is 4. The lowest BCUT2D eigenvalue weighted by atomic mass is 9.99. The molecule has 1 fully saturated rings. The molecule has 2 amide bonds. The lowest BCUT2D eigenvalue weighted by molar-refractivity contribution is -0.124. The van der Waals surface area contributed by atoms with Crippen LogP contribution in [-0.4, -0.2) is 73.6 Å². The average Bonchev–Trinajstić information content (AvgIpc) is 3.95. The van der Waals surface area contributed by atoms with Crippen molar-refractivity contribution in [3.8, 4) is 0 Å². The molecule has 12 heteroatoms. The number of likely N-dealkylation sites (N-methyl/N-ethyl adjacent to an activating group) is 2. The minimum Gasteiger partial charge on any atom is -0.372 e. The van der Waals surface area contributed by atoms with Gasteiger partial charge in [0.25, 0.3) is 0 Å². The van der Waals surface area contributed by atoms with Gasteiger partial charge >= 0.3 is 0 Å². The van der Waals surface area contributed by atoms with E-state index in [-0.39, 0.29) is 42.6 Å². The van der Waals surface area contributed by atoms with Crippen molar-refractivity contribution < 1.29 is 18.4 Å². The largest absolute Gasteiger partial charge is 0.372 e. The van der Waals surface area contributed by atoms with Crippen molar-refractivity contribution in [3.05, 3.63) is 101 Å². The number of thiazole rings is 1. The van der Waals surface area contributed by atoms with Gasteiger partial charge in [0.1, 0.15) is 11.6 Å². The van der Waals surface area contributed by atoms with E-state index in [2.05, 4.69) is 87.8 Å². The topological polar surface area (TPSA) is 75.3 Å². The molecule has 1 saturated carbocycles. The van der Waals surface area contributed by atoms with Gasteiger partial charge in [-0.25, -0.2) is 13.8 Å². The third-order valence-electron chi connectivity index (χ3n) is 11.1. The maximum atomic E-state index is 16.0. The van der Waals surface area contributed by atoms with Gasteiger partial charge in [-0.05, 0) is 133 Å². The molecule has 0 radical (unpaired) electrons. The molecule has 2 atom stereocenters. The highest BCUT2D eigenvalue weighted by Crippen LogP contribution is 2.34. The summed E-state index contributed by atoms with van der Waals surface area (Å²) in [6, 6.07) is 18.5. The Balaban J connectivity index is 1.45. The van der Waals surface area contributed by atoms with Gasteiger partial charge in [-0.1, -0.05) is 39.8 Å². The van der Waals surface area contributed by atoms with Crippen molar-refractivity contribution in [2.75, 3.05) is 53.3 Å². The van der Waals surface area contributed by atoms with Gasteiger partial charge in [0.05, 0.1) is 30.9 Å². The Morgan fingerprint density at radius 1 is 0.780 bits per heavy atom. The molecule has 1 N–H and O–H groups in total. The summed E-state index contributed by atoms with van der Waals surface area (Å²) in [4.78, 5) is 44.1. The van der Waals surface area contributed by atoms with E-state index in [1.54, 1.807) is 52.4 Å². The van der Waals surface area contributed by atoms with Crippen LogP contribution in [0.1, 0.15) is 91.0 Å². The normalized spacial score (nSPS) is 13.9. The molecule has 1 aliphatic rings. The predicted molar refractivity (Wildman–Crippen MR) is 240 cm³/mol. The van der Waals surface area contributed by atoms with Crippen LogP contribution in [0.4, 0.5) is 31.0 Å². The average molecular weight is 830 g/mol. The maximum Gasteiger partial charge on any atom is 0.244 e. The number of nitrogens with one attached hydrogen (secondary N) is 1. The zero-order chi connectivity index (χ0) is 42.8. The third-order valence-corrected chi connectivity index (χ3v) is 12.1. The summed E-state index contributed by atoms with van der Waals surface area (Å²) in [5.41, 5.74) is 4.37. The summed E-state index contributed by atoms with van der Waals surface area (Å²) < 4.78 is 30.1. The molecule has 1 aliphatic carbocycles. The van der Waals surface area contributed by atoms with Crippen LogP contribution in [-0.2, 0) is 29.2 Å². The summed E-state index contributed by atoms with van der Waals surface area (Å²) in [6.07, 6.45) is 3.47. The molecule has 0 bridgehead atoms. The van der Waals surface area contributed by atoms with E-state index < -0.39 is 17.9 Å². The lowest BCUT2D eigenvalue weighted by Crippen LogP contribution is -2.48. The van der Waals surface area contributed by atoms with Crippen molar-refractivity contribution >= 4 is 45.3 Å². The highest BCUT2D eigenvalue weighted by atomic mass is 32.1. The minimum atomic E-state index is -0.637. The van der Waals surface area contributed by atoms with E-state index in [4.69, 9.17) is 4.98 Å². The number of nitrogens with zero attached hydrogens (tertiary/aromatic N) is 6. The molecule has 1 heterocycles. The summed E-state index contributed by atoms with van der Waals surface area (Å²) in [6.45, 7) is 18.0. The monoisotopic (exact) mass is 829 g/mol. The first kappa shape index (κ1) is 45.7. The van der Waals surface area contributed by atoms with Crippen molar-refractivity contribution in [3.63, 3.8) is 0 Å². The van der Waals surface area contributed by atoms with E-state index in [9.17, 15) is 14.0 Å². The van der Waals surface area contributed by atoms with Crippen LogP contribution in [0.5, 0.6) is 0 Å². The van der Waals surface area contributed by atoms with E-state index in [0.29, 0.717) is 42.4 Å². The Kier molecular flexibility index (Phi) is 16.4. The van der Waals surface area contributed by atoms with E-state index in [0.717, 1.165) is 54.6 Å². The number of amides is 2. The standard InChI is InChI=1S/C47H65F2N7O2S/c1-10-53(11-2)38-17-13-34(14-18-38)28-55(45(57)43(50-8)25-32(4)5)41-23-24-42(49)35(27-41)29-52(9)44(26-33(6)7)46(58)56(40-19-15-36(48)16-20-40)30-37-31-59-47(51-37)54(12-3)39-21-22-39/h13-20,23-24,27,31-33,39,43-44,50H,10-12,21-22,25-26,28-30H2,1-9H3/t43-,44?/m0/s1. The molecular formula is C47H65F2N7O2S. The SMILES string of the molecule is CCN(CC)c1ccc(CN(C(=O)[C@H](CC(C)C)NC)c2ccc(F)c(CN(C)C(CC(C)C)C(=O)N(Cc3csc(N(CC)C4CC4)n3)c3ccc(F)cc3)c2)cc1. The third kappa shape index (κ3) is 12.1. The van der Waals surface area contributed by atoms with Crippen LogP contribution in [0.2, 0.25) is 0 Å². The van der Waals surface area contributed by atoms with Crippen LogP contribution in [0.15, 0.2) is 72.1 Å². The van der Waals surface area contributed by atoms with Crippen molar-refractivity contribution in [2.24, 2.45) is 11.8 Å². The second-order valence-electron chi connectivity index (χ2n) is 16.6. The quantitative estimate of drug-likeness (QED) is 0.0847. The smallest absolute Gasteiger partial charge is 0.244 e. The molecular weight excluding hydrogens is 765 g/mol. The number of carbonyl (C=O) groups is 2. The Hall–Kier alpha value is -4.39. The molecule has 1 aromatic heterocycles. The zero-order valence-corrected chi connectivity index (χ0v) is 37.4. The van der Waals surface area contributed by atoms with Crippen LogP contribution < -0.4 is 24.9 Å². The molecule has 3 aromatic carbocycles. The first-order valence-electron chi connectivity index (χ1n) is 21.4. The molecule has 320 valence electrons. The minimum absolute atomic E-state index is 0.0906. The van der Waals surface area contributed by atoms with E-state index in [1.165, 1.54) is 18.2 Å². The van der Waals surface area contributed by atoms with Crippen LogP contribution in [0.25, 0.3) is 0 Å². The van der Waals surface area contributed by atoms with Gasteiger partial charge in [-0.15, -0.1) is 11.3 Å². The number of aromatic nitrogens is 1. The number of halogens is 2. The van der Waals surface area contributed by atoms with Crippen LogP contribution in [0, 0.1) is 23.5 Å². The molecule has 1 unspecified atom stereocenters. The number of carbonyl (C=O) groups excluding carboxylic acids is 2. The van der Waals surface area contributed by atoms with E-state index >= 15 is 4.39 Å². The van der Waals surface area contributed by atoms with Crippen molar-refractivity contribution in [1.29, 1.82) is 0 Å². The van der Waals surface area contributed by atoms with Gasteiger partial charge in [0.2, 0.25) is 11.8 Å². The Labute approximate surface area is 355 Å². The van der Waals surface area contributed by atoms with Gasteiger partial charge in [0, 0.05) is 60.2 Å². The first-order chi connectivity index (χ1) is 28.3. The van der Waals surface area contributed by atoms with E-state index in [1.807, 2.05) is 17.3 Å². The molecule has 0 aliphatic heterocycles. The highest BCUT2D eigenvalue weighted by molar-refractivity contribution is 7.13. The molecule has 9 nitrogen and oxygen atoms in total. The van der Waals surface area contributed by atoms with Gasteiger partial charge in [-0.2, -0.15) is 0 Å². The van der Waals surface area contributed by atoms with Gasteiger partial charge in [0.15, 0.2) is 5.13 Å². The highest BCUT2D eigenvalue weighted by Gasteiger charge is 2.33. The Bertz CT molecular complexity index is 1950. The number of hydrogen-bond donors (Lipinski definition) is 1. The van der Waals surface area contributed by atoms with Gasteiger partial charge in [-0.3, -0.25) is 14.5 Å². The Morgan fingerprint density at radius 2 is 1.39 bits per heavy atom. The van der Waals surface area contributed by atoms with Gasteiger partial charge < -0.3 is 24.9 Å². The van der Waals surface area contributed by atoms with Crippen molar-refractivity contribution in [2.45, 2.75) is 112 Å². The number of hydrogen-bond acceptors (Lipinski definition) is 8. The molecule has 0 spiro atoms. The first-order valence-corrected chi connectivity index (χ1v) is 22.2. The molecule has 59 heavy (non-hydrogen) atoms. The molecule has 4 aromatic rings.